The van der Waals surface area contributed by atoms with E-state index in [0.29, 0.717) is 11.1 Å². The van der Waals surface area contributed by atoms with Gasteiger partial charge in [0.2, 0.25) is 0 Å². The van der Waals surface area contributed by atoms with Crippen molar-refractivity contribution in [3.63, 3.8) is 0 Å². The highest BCUT2D eigenvalue weighted by Crippen LogP contribution is 2.11. The van der Waals surface area contributed by atoms with Crippen molar-refractivity contribution in [2.75, 3.05) is 6.61 Å². The second-order valence-corrected chi connectivity index (χ2v) is 7.09. The maximum atomic E-state index is 12.5. The van der Waals surface area contributed by atoms with Crippen LogP contribution in [0.1, 0.15) is 52.6 Å². The summed E-state index contributed by atoms with van der Waals surface area (Å²) >= 11 is 0. The maximum absolute atomic E-state index is 12.5. The molecule has 0 bridgehead atoms. The van der Waals surface area contributed by atoms with E-state index in [0.717, 1.165) is 17.5 Å². The number of nitrogens with one attached hydrogen (secondary N) is 1. The molecule has 148 valence electrons. The van der Waals surface area contributed by atoms with Gasteiger partial charge in [-0.05, 0) is 36.5 Å². The van der Waals surface area contributed by atoms with Crippen LogP contribution in [0.25, 0.3) is 0 Å². The van der Waals surface area contributed by atoms with Crippen LogP contribution in [0, 0.1) is 12.8 Å². The molecule has 1 N–H and O–H groups in total. The summed E-state index contributed by atoms with van der Waals surface area (Å²) in [6, 6.07) is 13.6. The number of hydrogen-bond acceptors (Lipinski definition) is 4. The van der Waals surface area contributed by atoms with Crippen molar-refractivity contribution in [1.82, 2.24) is 5.32 Å². The molecule has 0 radical (unpaired) electrons. The lowest BCUT2D eigenvalue weighted by atomic mass is 10.0. The van der Waals surface area contributed by atoms with E-state index in [1.54, 1.807) is 24.3 Å². The van der Waals surface area contributed by atoms with Gasteiger partial charge >= 0.3 is 5.97 Å². The molecule has 0 aliphatic carbocycles. The zero-order valence-electron chi connectivity index (χ0n) is 16.8. The molecule has 0 heterocycles. The lowest BCUT2D eigenvalue weighted by Gasteiger charge is -2.21. The predicted molar refractivity (Wildman–Crippen MR) is 108 cm³/mol. The summed E-state index contributed by atoms with van der Waals surface area (Å²) in [5.41, 5.74) is 2.96. The van der Waals surface area contributed by atoms with E-state index in [1.807, 2.05) is 52.0 Å². The van der Waals surface area contributed by atoms with Crippen LogP contribution in [0.4, 0.5) is 0 Å². The molecule has 5 heteroatoms. The Morgan fingerprint density at radius 3 is 2.21 bits per heavy atom. The van der Waals surface area contributed by atoms with Gasteiger partial charge < -0.3 is 10.1 Å². The molecule has 2 aromatic rings. The Hall–Kier alpha value is -2.95. The molecule has 1 atom stereocenters. The molecule has 0 unspecified atom stereocenters. The zero-order valence-corrected chi connectivity index (χ0v) is 16.8. The van der Waals surface area contributed by atoms with Gasteiger partial charge in [-0.1, -0.05) is 63.2 Å². The number of ketones is 1. The van der Waals surface area contributed by atoms with Crippen LogP contribution < -0.4 is 5.32 Å². The highest BCUT2D eigenvalue weighted by molar-refractivity contribution is 6.00. The fourth-order valence-corrected chi connectivity index (χ4v) is 2.78. The number of Topliss-reactive ketones (excluding diaryl/α,β-unsaturated/α-hetero) is 1. The molecular weight excluding hydrogens is 354 g/mol. The lowest BCUT2D eigenvalue weighted by molar-refractivity contribution is -0.145. The SMILES string of the molecule is CCc1ccc(C(=O)COC(=O)[C@@H](NC(=O)c2ccccc2C)C(C)C)cc1. The first kappa shape index (κ1) is 21.4. The summed E-state index contributed by atoms with van der Waals surface area (Å²) in [6.07, 6.45) is 0.889. The largest absolute Gasteiger partial charge is 0.456 e. The van der Waals surface area contributed by atoms with Crippen LogP contribution in [-0.2, 0) is 16.0 Å². The van der Waals surface area contributed by atoms with Gasteiger partial charge in [0.15, 0.2) is 12.4 Å². The van der Waals surface area contributed by atoms with Crippen molar-refractivity contribution in [3.8, 4) is 0 Å². The molecule has 1 amide bonds. The van der Waals surface area contributed by atoms with E-state index < -0.39 is 12.0 Å². The van der Waals surface area contributed by atoms with Gasteiger partial charge in [-0.3, -0.25) is 9.59 Å². The van der Waals surface area contributed by atoms with Gasteiger partial charge in [0.1, 0.15) is 6.04 Å². The van der Waals surface area contributed by atoms with E-state index in [2.05, 4.69) is 5.32 Å². The minimum absolute atomic E-state index is 0.181. The number of hydrogen-bond donors (Lipinski definition) is 1. The smallest absolute Gasteiger partial charge is 0.329 e. The third-order valence-corrected chi connectivity index (χ3v) is 4.63. The second kappa shape index (κ2) is 9.83. The van der Waals surface area contributed by atoms with Gasteiger partial charge in [0.25, 0.3) is 5.91 Å². The molecule has 0 aromatic heterocycles. The first-order chi connectivity index (χ1) is 13.3. The Bertz CT molecular complexity index is 840. The van der Waals surface area contributed by atoms with Gasteiger partial charge in [-0.15, -0.1) is 0 Å². The van der Waals surface area contributed by atoms with Crippen LogP contribution in [0.5, 0.6) is 0 Å². The first-order valence-electron chi connectivity index (χ1n) is 9.48. The number of rotatable bonds is 8. The van der Waals surface area contributed by atoms with Crippen LogP contribution >= 0.6 is 0 Å². The fraction of sp³-hybridized carbons (Fsp3) is 0.348. The maximum Gasteiger partial charge on any atom is 0.329 e. The Morgan fingerprint density at radius 2 is 1.64 bits per heavy atom. The average Bonchev–Trinajstić information content (AvgIpc) is 2.69. The Balaban J connectivity index is 1.99. The molecule has 28 heavy (non-hydrogen) atoms. The second-order valence-electron chi connectivity index (χ2n) is 7.09. The molecular formula is C23H27NO4. The normalized spacial score (nSPS) is 11.8. The summed E-state index contributed by atoms with van der Waals surface area (Å²) in [5, 5.41) is 2.73. The van der Waals surface area contributed by atoms with E-state index in [-0.39, 0.29) is 24.2 Å². The van der Waals surface area contributed by atoms with E-state index >= 15 is 0 Å². The third-order valence-electron chi connectivity index (χ3n) is 4.63. The minimum Gasteiger partial charge on any atom is -0.456 e. The van der Waals surface area contributed by atoms with Crippen molar-refractivity contribution in [2.45, 2.75) is 40.2 Å². The Kier molecular flexibility index (Phi) is 7.50. The number of amides is 1. The summed E-state index contributed by atoms with van der Waals surface area (Å²) < 4.78 is 5.20. The lowest BCUT2D eigenvalue weighted by Crippen LogP contribution is -2.45. The van der Waals surface area contributed by atoms with Crippen LogP contribution in [0.2, 0.25) is 0 Å². The highest BCUT2D eigenvalue weighted by Gasteiger charge is 2.27. The number of carbonyl (C=O) groups excluding carboxylic acids is 3. The quantitative estimate of drug-likeness (QED) is 0.558. The molecule has 2 rings (SSSR count). The molecule has 0 aliphatic heterocycles. The number of esters is 1. The van der Waals surface area contributed by atoms with E-state index in [4.69, 9.17) is 4.74 Å². The van der Waals surface area contributed by atoms with E-state index in [1.165, 1.54) is 0 Å². The van der Waals surface area contributed by atoms with Crippen LogP contribution in [0.3, 0.4) is 0 Å². The summed E-state index contributed by atoms with van der Waals surface area (Å²) in [4.78, 5) is 37.3. The summed E-state index contributed by atoms with van der Waals surface area (Å²) in [6.45, 7) is 7.15. The standard InChI is InChI=1S/C23H27NO4/c1-5-17-10-12-18(13-11-17)20(25)14-28-23(27)21(15(2)3)24-22(26)19-9-7-6-8-16(19)4/h6-13,15,21H,5,14H2,1-4H3,(H,24,26)/t21-/m0/s1. The van der Waals surface area contributed by atoms with Gasteiger partial charge in [0, 0.05) is 11.1 Å². The number of benzene rings is 2. The molecule has 0 saturated carbocycles. The predicted octanol–water partition coefficient (Wildman–Crippen LogP) is 3.74. The highest BCUT2D eigenvalue weighted by atomic mass is 16.5. The fourth-order valence-electron chi connectivity index (χ4n) is 2.78. The van der Waals surface area contributed by atoms with Gasteiger partial charge in [-0.25, -0.2) is 4.79 Å². The van der Waals surface area contributed by atoms with Crippen molar-refractivity contribution >= 4 is 17.7 Å². The third kappa shape index (κ3) is 5.52. The van der Waals surface area contributed by atoms with Gasteiger partial charge in [-0.2, -0.15) is 0 Å². The first-order valence-corrected chi connectivity index (χ1v) is 9.48. The van der Waals surface area contributed by atoms with Crippen molar-refractivity contribution in [2.24, 2.45) is 5.92 Å². The molecule has 0 fully saturated rings. The van der Waals surface area contributed by atoms with Crippen LogP contribution in [-0.4, -0.2) is 30.3 Å². The molecule has 0 spiro atoms. The minimum atomic E-state index is -0.831. The molecule has 5 nitrogen and oxygen atoms in total. The number of carbonyl (C=O) groups is 3. The van der Waals surface area contributed by atoms with E-state index in [9.17, 15) is 14.4 Å². The molecule has 2 aromatic carbocycles. The van der Waals surface area contributed by atoms with Crippen molar-refractivity contribution < 1.29 is 19.1 Å². The zero-order chi connectivity index (χ0) is 20.7. The van der Waals surface area contributed by atoms with Crippen LogP contribution in [0.15, 0.2) is 48.5 Å². The number of ether oxygens (including phenoxy) is 1. The van der Waals surface area contributed by atoms with Crippen molar-refractivity contribution in [1.29, 1.82) is 0 Å². The molecule has 0 saturated heterocycles. The summed E-state index contributed by atoms with van der Waals surface area (Å²) in [5.74, 6) is -1.41. The Labute approximate surface area is 166 Å². The van der Waals surface area contributed by atoms with Crippen molar-refractivity contribution in [3.05, 3.63) is 70.8 Å². The number of aryl methyl sites for hydroxylation is 2. The average molecular weight is 381 g/mol. The Morgan fingerprint density at radius 1 is 1.00 bits per heavy atom. The monoisotopic (exact) mass is 381 g/mol. The topological polar surface area (TPSA) is 72.5 Å². The molecule has 0 aliphatic rings. The van der Waals surface area contributed by atoms with Gasteiger partial charge in [0.05, 0.1) is 0 Å². The summed E-state index contributed by atoms with van der Waals surface area (Å²) in [7, 11) is 0.